The van der Waals surface area contributed by atoms with Crippen molar-refractivity contribution >= 4 is 28.1 Å². The molecule has 0 aliphatic carbocycles. The summed E-state index contributed by atoms with van der Waals surface area (Å²) in [6.45, 7) is 3.18. The van der Waals surface area contributed by atoms with Crippen LogP contribution >= 0.6 is 0 Å². The summed E-state index contributed by atoms with van der Waals surface area (Å²) < 4.78 is 5.51. The number of nitrogens with zero attached hydrogens (tertiary/aromatic N) is 3. The smallest absolute Gasteiger partial charge is 0.248 e. The second kappa shape index (κ2) is 7.86. The van der Waals surface area contributed by atoms with Gasteiger partial charge in [-0.15, -0.1) is 0 Å². The maximum atomic E-state index is 11.6. The molecule has 0 saturated carbocycles. The third kappa shape index (κ3) is 3.51. The lowest BCUT2D eigenvalue weighted by atomic mass is 10.0. The SMILES string of the molecule is COCC1CN(c2cncc3ccc(C(N)=O)cc23)CCN1c1ccccc1. The molecule has 1 saturated heterocycles. The number of piperazine rings is 1. The minimum Gasteiger partial charge on any atom is -0.382 e. The van der Waals surface area contributed by atoms with E-state index >= 15 is 0 Å². The van der Waals surface area contributed by atoms with Crippen LogP contribution in [-0.4, -0.2) is 50.3 Å². The average molecular weight is 376 g/mol. The number of anilines is 2. The van der Waals surface area contributed by atoms with Gasteiger partial charge in [-0.2, -0.15) is 0 Å². The Morgan fingerprint density at radius 3 is 2.75 bits per heavy atom. The minimum atomic E-state index is -0.421. The number of carbonyl (C=O) groups excluding carboxylic acids is 1. The minimum absolute atomic E-state index is 0.218. The van der Waals surface area contributed by atoms with Crippen LogP contribution in [-0.2, 0) is 4.74 Å². The van der Waals surface area contributed by atoms with Gasteiger partial charge in [-0.1, -0.05) is 24.3 Å². The zero-order valence-corrected chi connectivity index (χ0v) is 15.9. The number of hydrogen-bond acceptors (Lipinski definition) is 5. The molecule has 6 nitrogen and oxygen atoms in total. The molecule has 0 radical (unpaired) electrons. The van der Waals surface area contributed by atoms with Gasteiger partial charge in [-0.25, -0.2) is 0 Å². The fourth-order valence-corrected chi connectivity index (χ4v) is 3.92. The zero-order valence-electron chi connectivity index (χ0n) is 15.9. The Labute approximate surface area is 164 Å². The lowest BCUT2D eigenvalue weighted by Crippen LogP contribution is -2.55. The molecule has 2 aromatic carbocycles. The van der Waals surface area contributed by atoms with E-state index in [1.165, 1.54) is 5.69 Å². The van der Waals surface area contributed by atoms with E-state index in [4.69, 9.17) is 10.5 Å². The van der Waals surface area contributed by atoms with Crippen molar-refractivity contribution in [2.24, 2.45) is 5.73 Å². The molecule has 2 heterocycles. The highest BCUT2D eigenvalue weighted by Crippen LogP contribution is 2.30. The van der Waals surface area contributed by atoms with Gasteiger partial charge in [0.05, 0.1) is 24.5 Å². The van der Waals surface area contributed by atoms with Crippen LogP contribution in [0.4, 0.5) is 11.4 Å². The number of rotatable bonds is 5. The predicted octanol–water partition coefficient (Wildman–Crippen LogP) is 2.68. The van der Waals surface area contributed by atoms with Crippen LogP contribution in [0.25, 0.3) is 10.8 Å². The van der Waals surface area contributed by atoms with Crippen molar-refractivity contribution in [3.8, 4) is 0 Å². The molecular formula is C22H24N4O2. The largest absolute Gasteiger partial charge is 0.382 e. The van der Waals surface area contributed by atoms with Crippen LogP contribution in [0.5, 0.6) is 0 Å². The highest BCUT2D eigenvalue weighted by molar-refractivity contribution is 6.01. The summed E-state index contributed by atoms with van der Waals surface area (Å²) in [6.07, 6.45) is 3.69. The van der Waals surface area contributed by atoms with Crippen LogP contribution in [0, 0.1) is 0 Å². The van der Waals surface area contributed by atoms with Crippen molar-refractivity contribution in [1.29, 1.82) is 0 Å². The molecule has 1 aliphatic heterocycles. The van der Waals surface area contributed by atoms with Crippen molar-refractivity contribution in [1.82, 2.24) is 4.98 Å². The van der Waals surface area contributed by atoms with Crippen molar-refractivity contribution < 1.29 is 9.53 Å². The fraction of sp³-hybridized carbons (Fsp3) is 0.273. The summed E-state index contributed by atoms with van der Waals surface area (Å²) >= 11 is 0. The van der Waals surface area contributed by atoms with E-state index in [1.54, 1.807) is 13.2 Å². The van der Waals surface area contributed by atoms with E-state index in [0.717, 1.165) is 36.1 Å². The molecule has 2 N–H and O–H groups in total. The molecular weight excluding hydrogens is 352 g/mol. The van der Waals surface area contributed by atoms with E-state index in [9.17, 15) is 4.79 Å². The molecule has 1 atom stereocenters. The molecule has 144 valence electrons. The maximum Gasteiger partial charge on any atom is 0.248 e. The molecule has 0 bridgehead atoms. The van der Waals surface area contributed by atoms with E-state index < -0.39 is 5.91 Å². The first-order valence-electron chi connectivity index (χ1n) is 9.40. The molecule has 4 rings (SSSR count). The number of aromatic nitrogens is 1. The van der Waals surface area contributed by atoms with Crippen molar-refractivity contribution in [3.05, 3.63) is 66.5 Å². The Balaban J connectivity index is 1.67. The Kier molecular flexibility index (Phi) is 5.12. The molecule has 1 aromatic heterocycles. The van der Waals surface area contributed by atoms with Crippen LogP contribution in [0.15, 0.2) is 60.9 Å². The van der Waals surface area contributed by atoms with Gasteiger partial charge >= 0.3 is 0 Å². The highest BCUT2D eigenvalue weighted by atomic mass is 16.5. The number of para-hydroxylation sites is 1. The molecule has 1 amide bonds. The summed E-state index contributed by atoms with van der Waals surface area (Å²) in [5, 5.41) is 1.99. The first-order valence-corrected chi connectivity index (χ1v) is 9.40. The number of pyridine rings is 1. The number of methoxy groups -OCH3 is 1. The number of benzene rings is 2. The van der Waals surface area contributed by atoms with E-state index in [0.29, 0.717) is 12.2 Å². The van der Waals surface area contributed by atoms with Crippen molar-refractivity contribution in [2.75, 3.05) is 43.2 Å². The lowest BCUT2D eigenvalue weighted by Gasteiger charge is -2.43. The van der Waals surface area contributed by atoms with Crippen LogP contribution < -0.4 is 15.5 Å². The van der Waals surface area contributed by atoms with Gasteiger partial charge in [-0.3, -0.25) is 9.78 Å². The van der Waals surface area contributed by atoms with Gasteiger partial charge in [-0.05, 0) is 24.3 Å². The molecule has 0 spiro atoms. The highest BCUT2D eigenvalue weighted by Gasteiger charge is 2.28. The number of fused-ring (bicyclic) bond motifs is 1. The van der Waals surface area contributed by atoms with Crippen molar-refractivity contribution in [3.63, 3.8) is 0 Å². The van der Waals surface area contributed by atoms with Crippen LogP contribution in [0.1, 0.15) is 10.4 Å². The molecule has 6 heteroatoms. The van der Waals surface area contributed by atoms with E-state index in [2.05, 4.69) is 39.0 Å². The quantitative estimate of drug-likeness (QED) is 0.741. The number of primary amides is 1. The summed E-state index contributed by atoms with van der Waals surface area (Å²) in [6, 6.07) is 16.2. The molecule has 3 aromatic rings. The molecule has 1 unspecified atom stereocenters. The number of ether oxygens (including phenoxy) is 1. The average Bonchev–Trinajstić information content (AvgIpc) is 2.73. The number of amides is 1. The first-order chi connectivity index (χ1) is 13.7. The standard InChI is InChI=1S/C22H24N4O2/c1-28-15-19-14-25(9-10-26(19)18-5-3-2-4-6-18)21-13-24-12-17-8-7-16(22(23)27)11-20(17)21/h2-8,11-13,19H,9-10,14-15H2,1H3,(H2,23,27). The van der Waals surface area contributed by atoms with Crippen LogP contribution in [0.3, 0.4) is 0 Å². The predicted molar refractivity (Wildman–Crippen MR) is 112 cm³/mol. The number of carbonyl (C=O) groups is 1. The van der Waals surface area contributed by atoms with Crippen LogP contribution in [0.2, 0.25) is 0 Å². The topological polar surface area (TPSA) is 71.7 Å². The Morgan fingerprint density at radius 1 is 1.18 bits per heavy atom. The zero-order chi connectivity index (χ0) is 19.5. The maximum absolute atomic E-state index is 11.6. The van der Waals surface area contributed by atoms with Gasteiger partial charge in [0, 0.05) is 55.0 Å². The van der Waals surface area contributed by atoms with E-state index in [-0.39, 0.29) is 6.04 Å². The molecule has 1 fully saturated rings. The summed E-state index contributed by atoms with van der Waals surface area (Å²) in [7, 11) is 1.74. The van der Waals surface area contributed by atoms with Gasteiger partial charge in [0.1, 0.15) is 0 Å². The van der Waals surface area contributed by atoms with Gasteiger partial charge < -0.3 is 20.3 Å². The third-order valence-electron chi connectivity index (χ3n) is 5.29. The van der Waals surface area contributed by atoms with Crippen molar-refractivity contribution in [2.45, 2.75) is 6.04 Å². The Bertz CT molecular complexity index is 977. The summed E-state index contributed by atoms with van der Waals surface area (Å²) in [5.41, 5.74) is 8.22. The second-order valence-electron chi connectivity index (χ2n) is 7.04. The Morgan fingerprint density at radius 2 is 2.00 bits per heavy atom. The monoisotopic (exact) mass is 376 g/mol. The summed E-state index contributed by atoms with van der Waals surface area (Å²) in [5.74, 6) is -0.421. The Hall–Kier alpha value is -3.12. The second-order valence-corrected chi connectivity index (χ2v) is 7.04. The third-order valence-corrected chi connectivity index (χ3v) is 5.29. The first kappa shape index (κ1) is 18.3. The summed E-state index contributed by atoms with van der Waals surface area (Å²) in [4.78, 5) is 20.8. The molecule has 28 heavy (non-hydrogen) atoms. The van der Waals surface area contributed by atoms with E-state index in [1.807, 2.05) is 30.6 Å². The number of hydrogen-bond donors (Lipinski definition) is 1. The molecule has 1 aliphatic rings. The van der Waals surface area contributed by atoms with Gasteiger partial charge in [0.25, 0.3) is 0 Å². The lowest BCUT2D eigenvalue weighted by molar-refractivity contribution is 0.100. The fourth-order valence-electron chi connectivity index (χ4n) is 3.92. The van der Waals surface area contributed by atoms with Gasteiger partial charge in [0.15, 0.2) is 0 Å². The van der Waals surface area contributed by atoms with Gasteiger partial charge in [0.2, 0.25) is 5.91 Å². The normalized spacial score (nSPS) is 17.1. The number of nitrogens with two attached hydrogens (primary N) is 1.